The van der Waals surface area contributed by atoms with Crippen molar-refractivity contribution in [3.05, 3.63) is 0 Å². The van der Waals surface area contributed by atoms with Gasteiger partial charge in [0, 0.05) is 25.7 Å². The number of ketones is 2. The molecule has 0 aliphatic heterocycles. The maximum Gasteiger partial charge on any atom is 0.372 e. The van der Waals surface area contributed by atoms with Gasteiger partial charge in [0.25, 0.3) is 0 Å². The van der Waals surface area contributed by atoms with Crippen molar-refractivity contribution in [2.75, 3.05) is 0 Å². The molecule has 2 N–H and O–H groups in total. The number of aliphatic carboxylic acids is 2. The second kappa shape index (κ2) is 12.0. The number of carbonyl (C=O) groups excluding carboxylic acids is 6. The van der Waals surface area contributed by atoms with Crippen molar-refractivity contribution in [2.45, 2.75) is 44.9 Å². The normalized spacial score (nSPS) is 9.78. The molecule has 12 heteroatoms. The van der Waals surface area contributed by atoms with Gasteiger partial charge in [0.05, 0.1) is 12.8 Å². The Morgan fingerprint density at radius 3 is 1.07 bits per heavy atom. The molecule has 0 unspecified atom stereocenters. The molecule has 0 rings (SSSR count). The summed E-state index contributed by atoms with van der Waals surface area (Å²) in [5.74, 6) is -10.1. The van der Waals surface area contributed by atoms with Gasteiger partial charge in [-0.3, -0.25) is 28.8 Å². The summed E-state index contributed by atoms with van der Waals surface area (Å²) >= 11 is 0. The summed E-state index contributed by atoms with van der Waals surface area (Å²) in [6.07, 6.45) is -3.36. The lowest BCUT2D eigenvalue weighted by molar-refractivity contribution is -0.160. The third-order valence-corrected chi connectivity index (χ3v) is 2.81. The highest BCUT2D eigenvalue weighted by Gasteiger charge is 2.18. The molecular formula is C15H16O12. The first-order valence-electron chi connectivity index (χ1n) is 7.52. The molecule has 0 aromatic rings. The van der Waals surface area contributed by atoms with Gasteiger partial charge in [-0.1, -0.05) is 0 Å². The monoisotopic (exact) mass is 388 g/mol. The third-order valence-electron chi connectivity index (χ3n) is 2.81. The molecule has 0 aliphatic carbocycles. The number of esters is 4. The minimum absolute atomic E-state index is 0.139. The van der Waals surface area contributed by atoms with Crippen molar-refractivity contribution in [3.8, 4) is 0 Å². The molecule has 0 spiro atoms. The summed E-state index contributed by atoms with van der Waals surface area (Å²) in [5.41, 5.74) is 0. The number of carbonyl (C=O) groups is 8. The van der Waals surface area contributed by atoms with Crippen LogP contribution < -0.4 is 0 Å². The van der Waals surface area contributed by atoms with E-state index in [1.165, 1.54) is 0 Å². The number of carboxylic acids is 2. The second-order valence-corrected chi connectivity index (χ2v) is 5.00. The fourth-order valence-electron chi connectivity index (χ4n) is 1.48. The van der Waals surface area contributed by atoms with Crippen LogP contribution in [0.3, 0.4) is 0 Å². The maximum absolute atomic E-state index is 11.3. The highest BCUT2D eigenvalue weighted by atomic mass is 16.6. The third kappa shape index (κ3) is 11.7. The van der Waals surface area contributed by atoms with E-state index in [9.17, 15) is 38.4 Å². The number of rotatable bonds is 12. The summed E-state index contributed by atoms with van der Waals surface area (Å²) in [5, 5.41) is 16.6. The van der Waals surface area contributed by atoms with Gasteiger partial charge in [-0.25, -0.2) is 9.59 Å². The average Bonchev–Trinajstić information content (AvgIpc) is 2.56. The van der Waals surface area contributed by atoms with Crippen LogP contribution in [0.2, 0.25) is 0 Å². The van der Waals surface area contributed by atoms with Gasteiger partial charge in [-0.2, -0.15) is 0 Å². The van der Waals surface area contributed by atoms with Crippen molar-refractivity contribution in [1.29, 1.82) is 0 Å². The predicted octanol–water partition coefficient (Wildman–Crippen LogP) is -0.836. The Labute approximate surface area is 151 Å². The lowest BCUT2D eigenvalue weighted by atomic mass is 10.2. The van der Waals surface area contributed by atoms with Gasteiger partial charge in [-0.15, -0.1) is 0 Å². The van der Waals surface area contributed by atoms with Crippen LogP contribution in [0.4, 0.5) is 0 Å². The fourth-order valence-corrected chi connectivity index (χ4v) is 1.48. The molecule has 0 bridgehead atoms. The highest BCUT2D eigenvalue weighted by Crippen LogP contribution is 2.04. The first-order chi connectivity index (χ1) is 12.5. The van der Waals surface area contributed by atoms with Crippen molar-refractivity contribution in [2.24, 2.45) is 0 Å². The van der Waals surface area contributed by atoms with Crippen LogP contribution in [-0.2, 0) is 47.8 Å². The molecule has 0 fully saturated rings. The molecular weight excluding hydrogens is 372 g/mol. The van der Waals surface area contributed by atoms with E-state index in [-0.39, 0.29) is 19.3 Å². The number of hydrogen-bond acceptors (Lipinski definition) is 10. The van der Waals surface area contributed by atoms with Crippen molar-refractivity contribution in [3.63, 3.8) is 0 Å². The van der Waals surface area contributed by atoms with Crippen LogP contribution in [0.1, 0.15) is 44.9 Å². The van der Waals surface area contributed by atoms with Crippen LogP contribution in [0, 0.1) is 0 Å². The van der Waals surface area contributed by atoms with E-state index in [1.807, 2.05) is 0 Å². The number of ether oxygens (including phenoxy) is 2. The molecule has 12 nitrogen and oxygen atoms in total. The second-order valence-electron chi connectivity index (χ2n) is 5.00. The molecule has 0 heterocycles. The SMILES string of the molecule is O=C(CCCC(=O)OC(=O)CCC(=O)C(=O)O)OC(=O)CCC(=O)C(=O)O. The number of Topliss-reactive ketones (excluding diaryl/α,β-unsaturated/α-hetero) is 2. The molecule has 0 aromatic heterocycles. The summed E-state index contributed by atoms with van der Waals surface area (Å²) in [7, 11) is 0. The zero-order valence-electron chi connectivity index (χ0n) is 13.9. The standard InChI is InChI=1S/C15H16O12/c16-8(14(22)23)4-6-12(20)26-10(18)2-1-3-11(19)27-13(21)7-5-9(17)15(24)25/h1-7H2,(H,22,23)(H,24,25). The van der Waals surface area contributed by atoms with Crippen LogP contribution in [0.15, 0.2) is 0 Å². The van der Waals surface area contributed by atoms with Gasteiger partial charge in [0.1, 0.15) is 0 Å². The lowest BCUT2D eigenvalue weighted by Crippen LogP contribution is -2.18. The zero-order valence-corrected chi connectivity index (χ0v) is 13.9. The number of carboxylic acid groups (broad SMARTS) is 2. The van der Waals surface area contributed by atoms with Gasteiger partial charge >= 0.3 is 35.8 Å². The molecule has 0 atom stereocenters. The van der Waals surface area contributed by atoms with E-state index in [1.54, 1.807) is 0 Å². The van der Waals surface area contributed by atoms with Crippen LogP contribution >= 0.6 is 0 Å². The average molecular weight is 388 g/mol. The van der Waals surface area contributed by atoms with Gasteiger partial charge in [0.15, 0.2) is 0 Å². The summed E-state index contributed by atoms with van der Waals surface area (Å²) in [4.78, 5) is 87.1. The Kier molecular flexibility index (Phi) is 10.5. The van der Waals surface area contributed by atoms with E-state index in [0.717, 1.165) is 0 Å². The Balaban J connectivity index is 3.97. The van der Waals surface area contributed by atoms with E-state index >= 15 is 0 Å². The van der Waals surface area contributed by atoms with Crippen LogP contribution in [-0.4, -0.2) is 57.6 Å². The van der Waals surface area contributed by atoms with E-state index in [0.29, 0.717) is 0 Å². The Bertz CT molecular complexity index is 604. The highest BCUT2D eigenvalue weighted by molar-refractivity contribution is 6.33. The first-order valence-corrected chi connectivity index (χ1v) is 7.52. The zero-order chi connectivity index (χ0) is 21.0. The molecule has 0 aromatic carbocycles. The minimum Gasteiger partial charge on any atom is -0.476 e. The molecule has 148 valence electrons. The summed E-state index contributed by atoms with van der Waals surface area (Å²) in [6, 6.07) is 0. The van der Waals surface area contributed by atoms with Crippen LogP contribution in [0.5, 0.6) is 0 Å². The molecule has 0 saturated heterocycles. The molecule has 0 saturated carbocycles. The molecule has 0 aliphatic rings. The molecule has 0 amide bonds. The topological polar surface area (TPSA) is 195 Å². The lowest BCUT2D eigenvalue weighted by Gasteiger charge is -2.03. The van der Waals surface area contributed by atoms with E-state index in [2.05, 4.69) is 9.47 Å². The van der Waals surface area contributed by atoms with Crippen LogP contribution in [0.25, 0.3) is 0 Å². The first kappa shape index (κ1) is 23.6. The Morgan fingerprint density at radius 2 is 0.778 bits per heavy atom. The Hall–Kier alpha value is -3.44. The summed E-state index contributed by atoms with van der Waals surface area (Å²) in [6.45, 7) is 0. The van der Waals surface area contributed by atoms with E-state index < -0.39 is 73.1 Å². The molecule has 27 heavy (non-hydrogen) atoms. The van der Waals surface area contributed by atoms with Gasteiger partial charge in [0.2, 0.25) is 11.6 Å². The summed E-state index contributed by atoms with van der Waals surface area (Å²) < 4.78 is 8.59. The number of hydrogen-bond donors (Lipinski definition) is 2. The predicted molar refractivity (Wildman–Crippen MR) is 79.8 cm³/mol. The quantitative estimate of drug-likeness (QED) is 0.239. The van der Waals surface area contributed by atoms with Gasteiger partial charge in [-0.05, 0) is 6.42 Å². The smallest absolute Gasteiger partial charge is 0.372 e. The Morgan fingerprint density at radius 1 is 0.481 bits per heavy atom. The van der Waals surface area contributed by atoms with Gasteiger partial charge < -0.3 is 19.7 Å². The largest absolute Gasteiger partial charge is 0.476 e. The van der Waals surface area contributed by atoms with E-state index in [4.69, 9.17) is 10.2 Å². The molecule has 0 radical (unpaired) electrons. The minimum atomic E-state index is -1.71. The van der Waals surface area contributed by atoms with Crippen molar-refractivity contribution >= 4 is 47.4 Å². The fraction of sp³-hybridized carbons (Fsp3) is 0.467. The van der Waals surface area contributed by atoms with Crippen molar-refractivity contribution in [1.82, 2.24) is 0 Å². The van der Waals surface area contributed by atoms with Crippen molar-refractivity contribution < 1.29 is 58.0 Å². The maximum atomic E-state index is 11.3.